The van der Waals surface area contributed by atoms with E-state index in [0.29, 0.717) is 25.2 Å². The Hall–Kier alpha value is -2.88. The summed E-state index contributed by atoms with van der Waals surface area (Å²) in [5.41, 5.74) is 10.1. The van der Waals surface area contributed by atoms with Crippen molar-refractivity contribution in [1.82, 2.24) is 19.4 Å². The van der Waals surface area contributed by atoms with Gasteiger partial charge in [-0.05, 0) is 51.3 Å². The first kappa shape index (κ1) is 24.3. The normalized spacial score (nSPS) is 16.1. The number of likely N-dealkylation sites (tertiary alicyclic amines) is 1. The van der Waals surface area contributed by atoms with Crippen molar-refractivity contribution in [2.24, 2.45) is 0 Å². The maximum Gasteiger partial charge on any atom is 0.151 e. The van der Waals surface area contributed by atoms with Crippen molar-refractivity contribution in [3.05, 3.63) is 53.5 Å². The molecule has 2 N–H and O–H groups in total. The number of anilines is 1. The van der Waals surface area contributed by atoms with E-state index in [2.05, 4.69) is 47.7 Å². The Bertz CT molecular complexity index is 1130. The molecule has 6 heteroatoms. The highest BCUT2D eigenvalue weighted by Gasteiger charge is 2.19. The van der Waals surface area contributed by atoms with Gasteiger partial charge in [0.2, 0.25) is 0 Å². The summed E-state index contributed by atoms with van der Waals surface area (Å²) in [6.45, 7) is 7.76. The predicted molar refractivity (Wildman–Crippen MR) is 138 cm³/mol. The fraction of sp³-hybridized carbons (Fsp3) is 0.500. The van der Waals surface area contributed by atoms with Gasteiger partial charge in [0.1, 0.15) is 23.6 Å². The highest BCUT2D eigenvalue weighted by molar-refractivity contribution is 5.90. The van der Waals surface area contributed by atoms with Gasteiger partial charge in [0.15, 0.2) is 5.82 Å². The highest BCUT2D eigenvalue weighted by Crippen LogP contribution is 2.24. The lowest BCUT2D eigenvalue weighted by Gasteiger charge is -2.19. The van der Waals surface area contributed by atoms with Crippen LogP contribution in [0.25, 0.3) is 11.0 Å². The van der Waals surface area contributed by atoms with Crippen LogP contribution in [-0.4, -0.2) is 38.6 Å². The third-order valence-corrected chi connectivity index (χ3v) is 6.54. The molecule has 6 nitrogen and oxygen atoms in total. The first-order valence-corrected chi connectivity index (χ1v) is 12.7. The number of hydrogen-bond acceptors (Lipinski definition) is 5. The SMILES string of the molecule is CCCCc1nc(N)c2c(n1)c(C#CCCCN1CCCC1C)cn2COCc1ccccc1. The second-order valence-corrected chi connectivity index (χ2v) is 9.23. The van der Waals surface area contributed by atoms with Crippen molar-refractivity contribution >= 4 is 16.9 Å². The van der Waals surface area contributed by atoms with E-state index in [1.54, 1.807) is 0 Å². The average molecular weight is 460 g/mol. The number of aryl methyl sites for hydroxylation is 1. The number of nitrogens with two attached hydrogens (primary N) is 1. The highest BCUT2D eigenvalue weighted by atomic mass is 16.5. The Balaban J connectivity index is 1.50. The van der Waals surface area contributed by atoms with Gasteiger partial charge in [-0.25, -0.2) is 9.97 Å². The second-order valence-electron chi connectivity index (χ2n) is 9.23. The lowest BCUT2D eigenvalue weighted by molar-refractivity contribution is 0.0668. The minimum atomic E-state index is 0.377. The van der Waals surface area contributed by atoms with E-state index in [1.165, 1.54) is 19.4 Å². The number of ether oxygens (including phenoxy) is 1. The van der Waals surface area contributed by atoms with Crippen molar-refractivity contribution in [2.75, 3.05) is 18.8 Å². The van der Waals surface area contributed by atoms with E-state index in [0.717, 1.165) is 66.6 Å². The van der Waals surface area contributed by atoms with Crippen molar-refractivity contribution < 1.29 is 4.74 Å². The summed E-state index contributed by atoms with van der Waals surface area (Å²) in [6.07, 6.45) is 9.59. The van der Waals surface area contributed by atoms with E-state index in [-0.39, 0.29) is 0 Å². The molecule has 0 radical (unpaired) electrons. The molecular formula is C28H37N5O. The average Bonchev–Trinajstić information content (AvgIpc) is 3.41. The lowest BCUT2D eigenvalue weighted by atomic mass is 10.2. The molecule has 2 aromatic heterocycles. The molecule has 0 aliphatic carbocycles. The van der Waals surface area contributed by atoms with Gasteiger partial charge in [-0.1, -0.05) is 55.5 Å². The monoisotopic (exact) mass is 459 g/mol. The molecule has 0 bridgehead atoms. The van der Waals surface area contributed by atoms with Crippen LogP contribution in [0.1, 0.15) is 69.3 Å². The van der Waals surface area contributed by atoms with Crippen LogP contribution in [0.3, 0.4) is 0 Å². The summed E-state index contributed by atoms with van der Waals surface area (Å²) in [6, 6.07) is 10.9. The minimum absolute atomic E-state index is 0.377. The van der Waals surface area contributed by atoms with Crippen molar-refractivity contribution in [2.45, 2.75) is 78.2 Å². The smallest absolute Gasteiger partial charge is 0.151 e. The molecule has 0 amide bonds. The minimum Gasteiger partial charge on any atom is -0.382 e. The number of unbranched alkanes of at least 4 members (excludes halogenated alkanes) is 2. The molecule has 1 aromatic carbocycles. The summed E-state index contributed by atoms with van der Waals surface area (Å²) in [5.74, 6) is 8.04. The number of nitrogen functional groups attached to an aromatic ring is 1. The zero-order valence-electron chi connectivity index (χ0n) is 20.6. The lowest BCUT2D eigenvalue weighted by Crippen LogP contribution is -2.27. The second kappa shape index (κ2) is 12.0. The molecule has 1 unspecified atom stereocenters. The molecule has 180 valence electrons. The fourth-order valence-corrected chi connectivity index (χ4v) is 4.60. The molecule has 4 rings (SSSR count). The van der Waals surface area contributed by atoms with Crippen LogP contribution in [0.4, 0.5) is 5.82 Å². The van der Waals surface area contributed by atoms with Gasteiger partial charge in [-0.3, -0.25) is 0 Å². The third kappa shape index (κ3) is 6.16. The molecular weight excluding hydrogens is 422 g/mol. The van der Waals surface area contributed by atoms with Gasteiger partial charge in [0.05, 0.1) is 12.2 Å². The number of aromatic nitrogens is 3. The number of fused-ring (bicyclic) bond motifs is 1. The standard InChI is InChI=1S/C28H37N5O/c1-3-4-16-25-30-26-24(15-9-6-10-17-32-18-11-12-22(32)2)19-33(27(26)28(29)31-25)21-34-20-23-13-7-5-8-14-23/h5,7-8,13-14,19,22H,3-4,6,10-12,16-18,20-21H2,1-2H3,(H2,29,30,31). The molecule has 1 atom stereocenters. The van der Waals surface area contributed by atoms with Crippen molar-refractivity contribution in [3.8, 4) is 11.8 Å². The zero-order chi connectivity index (χ0) is 23.8. The van der Waals surface area contributed by atoms with Crippen LogP contribution in [0.2, 0.25) is 0 Å². The Morgan fingerprint density at radius 2 is 2.03 bits per heavy atom. The number of rotatable bonds is 10. The quantitative estimate of drug-likeness (QED) is 0.336. The fourth-order valence-electron chi connectivity index (χ4n) is 4.60. The van der Waals surface area contributed by atoms with Gasteiger partial charge in [-0.2, -0.15) is 0 Å². The number of nitrogens with zero attached hydrogens (tertiary/aromatic N) is 4. The maximum absolute atomic E-state index is 6.40. The van der Waals surface area contributed by atoms with Crippen LogP contribution in [0.15, 0.2) is 36.5 Å². The summed E-state index contributed by atoms with van der Waals surface area (Å²) in [5, 5.41) is 0. The van der Waals surface area contributed by atoms with Crippen LogP contribution in [-0.2, 0) is 24.5 Å². The Labute approximate surface area is 203 Å². The van der Waals surface area contributed by atoms with Gasteiger partial charge in [0, 0.05) is 25.1 Å². The van der Waals surface area contributed by atoms with Gasteiger partial charge in [0.25, 0.3) is 0 Å². The van der Waals surface area contributed by atoms with E-state index >= 15 is 0 Å². The molecule has 1 fully saturated rings. The molecule has 3 heterocycles. The van der Waals surface area contributed by atoms with Crippen LogP contribution >= 0.6 is 0 Å². The molecule has 1 aliphatic heterocycles. The van der Waals surface area contributed by atoms with Crippen LogP contribution in [0, 0.1) is 11.8 Å². The first-order chi connectivity index (χ1) is 16.7. The largest absolute Gasteiger partial charge is 0.382 e. The third-order valence-electron chi connectivity index (χ3n) is 6.54. The molecule has 1 saturated heterocycles. The summed E-state index contributed by atoms with van der Waals surface area (Å²) in [7, 11) is 0. The van der Waals surface area contributed by atoms with Crippen LogP contribution in [0.5, 0.6) is 0 Å². The van der Waals surface area contributed by atoms with Gasteiger partial charge >= 0.3 is 0 Å². The number of benzene rings is 1. The Kier molecular flexibility index (Phi) is 8.56. The Morgan fingerprint density at radius 3 is 2.79 bits per heavy atom. The summed E-state index contributed by atoms with van der Waals surface area (Å²) < 4.78 is 7.98. The molecule has 0 saturated carbocycles. The molecule has 3 aromatic rings. The van der Waals surface area contributed by atoms with Crippen molar-refractivity contribution in [3.63, 3.8) is 0 Å². The predicted octanol–water partition coefficient (Wildman–Crippen LogP) is 5.15. The van der Waals surface area contributed by atoms with Crippen LogP contribution < -0.4 is 5.73 Å². The topological polar surface area (TPSA) is 69.2 Å². The number of hydrogen-bond donors (Lipinski definition) is 1. The summed E-state index contributed by atoms with van der Waals surface area (Å²) in [4.78, 5) is 12.0. The van der Waals surface area contributed by atoms with Gasteiger partial charge in [-0.15, -0.1) is 0 Å². The molecule has 1 aliphatic rings. The summed E-state index contributed by atoms with van der Waals surface area (Å²) >= 11 is 0. The molecule has 34 heavy (non-hydrogen) atoms. The van der Waals surface area contributed by atoms with E-state index in [1.807, 2.05) is 29.0 Å². The molecule has 0 spiro atoms. The Morgan fingerprint density at radius 1 is 1.18 bits per heavy atom. The first-order valence-electron chi connectivity index (χ1n) is 12.7. The van der Waals surface area contributed by atoms with E-state index in [4.69, 9.17) is 15.5 Å². The van der Waals surface area contributed by atoms with Gasteiger partial charge < -0.3 is 19.9 Å². The van der Waals surface area contributed by atoms with Crippen molar-refractivity contribution in [1.29, 1.82) is 0 Å². The van der Waals surface area contributed by atoms with E-state index in [9.17, 15) is 0 Å². The van der Waals surface area contributed by atoms with E-state index < -0.39 is 0 Å². The maximum atomic E-state index is 6.40. The zero-order valence-corrected chi connectivity index (χ0v) is 20.6.